The van der Waals surface area contributed by atoms with Crippen molar-refractivity contribution in [2.45, 2.75) is 13.5 Å². The first-order valence-corrected chi connectivity index (χ1v) is 9.60. The molecule has 150 valence electrons. The van der Waals surface area contributed by atoms with Crippen LogP contribution in [-0.4, -0.2) is 22.9 Å². The molecule has 0 aliphatic rings. The fraction of sp³-hybridized carbons (Fsp3) is 0.125. The molecule has 0 radical (unpaired) electrons. The molecule has 0 saturated carbocycles. The summed E-state index contributed by atoms with van der Waals surface area (Å²) < 4.78 is 14.1. The van der Waals surface area contributed by atoms with Crippen LogP contribution in [-0.2, 0) is 6.54 Å². The number of hydrogen-bond acceptors (Lipinski definition) is 4. The predicted molar refractivity (Wildman–Crippen MR) is 117 cm³/mol. The lowest BCUT2D eigenvalue weighted by Gasteiger charge is -2.18. The number of hydrogen-bond donors (Lipinski definition) is 1. The second-order valence-corrected chi connectivity index (χ2v) is 7.07. The Kier molecular flexibility index (Phi) is 5.39. The highest BCUT2D eigenvalue weighted by atomic mass is 19.1. The Bertz CT molecular complexity index is 1190. The van der Waals surface area contributed by atoms with Gasteiger partial charge in [0.1, 0.15) is 11.3 Å². The summed E-state index contributed by atoms with van der Waals surface area (Å²) in [6, 6.07) is 18.0. The lowest BCUT2D eigenvalue weighted by molar-refractivity contribution is 0.0993. The average Bonchev–Trinajstić information content (AvgIpc) is 2.78. The first kappa shape index (κ1) is 19.5. The van der Waals surface area contributed by atoms with E-state index in [1.807, 2.05) is 43.3 Å². The van der Waals surface area contributed by atoms with Crippen molar-refractivity contribution in [3.8, 4) is 0 Å². The number of amides is 1. The van der Waals surface area contributed by atoms with Gasteiger partial charge in [-0.3, -0.25) is 9.78 Å². The minimum absolute atomic E-state index is 0.0935. The highest BCUT2D eigenvalue weighted by molar-refractivity contribution is 6.05. The third-order valence-electron chi connectivity index (χ3n) is 4.96. The zero-order chi connectivity index (χ0) is 21.1. The van der Waals surface area contributed by atoms with E-state index in [9.17, 15) is 9.18 Å². The lowest BCUT2D eigenvalue weighted by Crippen LogP contribution is -2.26. The third-order valence-corrected chi connectivity index (χ3v) is 4.96. The van der Waals surface area contributed by atoms with Gasteiger partial charge in [-0.1, -0.05) is 24.3 Å². The molecule has 0 fully saturated rings. The van der Waals surface area contributed by atoms with Crippen molar-refractivity contribution in [1.82, 2.24) is 9.97 Å². The van der Waals surface area contributed by atoms with Crippen LogP contribution in [0.3, 0.4) is 0 Å². The quantitative estimate of drug-likeness (QED) is 0.514. The number of nitrogens with one attached hydrogen (secondary N) is 1. The monoisotopic (exact) mass is 400 g/mol. The molecule has 30 heavy (non-hydrogen) atoms. The molecule has 4 aromatic rings. The number of aryl methyl sites for hydroxylation is 1. The van der Waals surface area contributed by atoms with Gasteiger partial charge < -0.3 is 10.2 Å². The summed E-state index contributed by atoms with van der Waals surface area (Å²) in [6.07, 6.45) is 3.21. The molecule has 0 atom stereocenters. The van der Waals surface area contributed by atoms with E-state index in [2.05, 4.69) is 15.3 Å². The van der Waals surface area contributed by atoms with Gasteiger partial charge in [0.2, 0.25) is 0 Å². The van der Waals surface area contributed by atoms with Crippen LogP contribution in [0.25, 0.3) is 10.9 Å². The van der Waals surface area contributed by atoms with Gasteiger partial charge in [0, 0.05) is 54.0 Å². The molecule has 6 heteroatoms. The molecule has 0 aliphatic heterocycles. The van der Waals surface area contributed by atoms with E-state index in [1.54, 1.807) is 42.5 Å². The number of carbonyl (C=O) groups is 1. The van der Waals surface area contributed by atoms with Crippen molar-refractivity contribution in [3.05, 3.63) is 95.7 Å². The number of pyridine rings is 2. The second-order valence-electron chi connectivity index (χ2n) is 7.07. The number of aromatic nitrogens is 2. The van der Waals surface area contributed by atoms with Crippen molar-refractivity contribution >= 4 is 28.2 Å². The molecule has 0 aliphatic carbocycles. The fourth-order valence-electron chi connectivity index (χ4n) is 3.33. The number of carbonyl (C=O) groups excluding carboxylic acids is 1. The van der Waals surface area contributed by atoms with Crippen molar-refractivity contribution < 1.29 is 9.18 Å². The van der Waals surface area contributed by atoms with Crippen molar-refractivity contribution in [2.24, 2.45) is 0 Å². The molecular weight excluding hydrogens is 379 g/mol. The molecule has 0 saturated heterocycles. The Labute approximate surface area is 174 Å². The van der Waals surface area contributed by atoms with Gasteiger partial charge in [0.15, 0.2) is 0 Å². The summed E-state index contributed by atoms with van der Waals surface area (Å²) in [5.41, 5.74) is 4.39. The van der Waals surface area contributed by atoms with Crippen molar-refractivity contribution in [2.75, 3.05) is 17.3 Å². The summed E-state index contributed by atoms with van der Waals surface area (Å²) in [7, 11) is 1.75. The van der Waals surface area contributed by atoms with Gasteiger partial charge in [-0.25, -0.2) is 9.37 Å². The number of halogens is 1. The second kappa shape index (κ2) is 8.29. The summed E-state index contributed by atoms with van der Waals surface area (Å²) in [4.78, 5) is 22.4. The fourth-order valence-corrected chi connectivity index (χ4v) is 3.33. The van der Waals surface area contributed by atoms with Gasteiger partial charge in [-0.2, -0.15) is 0 Å². The number of para-hydroxylation sites is 1. The van der Waals surface area contributed by atoms with E-state index in [4.69, 9.17) is 0 Å². The Hall–Kier alpha value is -3.80. The highest BCUT2D eigenvalue weighted by Gasteiger charge is 2.13. The predicted octanol–water partition coefficient (Wildman–Crippen LogP) is 4.97. The van der Waals surface area contributed by atoms with Crippen LogP contribution >= 0.6 is 0 Å². The van der Waals surface area contributed by atoms with Crippen LogP contribution in [0.15, 0.2) is 73.1 Å². The Morgan fingerprint density at radius 2 is 1.80 bits per heavy atom. The van der Waals surface area contributed by atoms with Crippen LogP contribution in [0.2, 0.25) is 0 Å². The van der Waals surface area contributed by atoms with Crippen LogP contribution in [0.5, 0.6) is 0 Å². The molecule has 1 N–H and O–H groups in total. The zero-order valence-corrected chi connectivity index (χ0v) is 16.8. The topological polar surface area (TPSA) is 58.1 Å². The third kappa shape index (κ3) is 3.98. The summed E-state index contributed by atoms with van der Waals surface area (Å²) in [5, 5.41) is 4.13. The molecular formula is C24H21FN4O. The molecule has 4 rings (SSSR count). The van der Waals surface area contributed by atoms with Crippen LogP contribution in [0.1, 0.15) is 21.6 Å². The highest BCUT2D eigenvalue weighted by Crippen LogP contribution is 2.26. The van der Waals surface area contributed by atoms with E-state index in [0.717, 1.165) is 28.0 Å². The molecule has 2 aromatic carbocycles. The summed E-state index contributed by atoms with van der Waals surface area (Å²) in [6.45, 7) is 2.42. The van der Waals surface area contributed by atoms with Crippen molar-refractivity contribution in [3.63, 3.8) is 0 Å². The maximum absolute atomic E-state index is 14.1. The SMILES string of the molecule is Cc1cc(NCc2ccc(N(C)C(=O)c3ccncc3)cc2)c2cccc(F)c2n1. The standard InChI is InChI=1S/C24H21FN4O/c1-16-14-22(20-4-3-5-21(25)23(20)28-16)27-15-17-6-8-19(9-7-17)29(2)24(30)18-10-12-26-13-11-18/h3-14H,15H2,1-2H3,(H,27,28). The molecule has 1 amide bonds. The zero-order valence-electron chi connectivity index (χ0n) is 16.8. The first-order valence-electron chi connectivity index (χ1n) is 9.60. The van der Waals surface area contributed by atoms with E-state index in [1.165, 1.54) is 6.07 Å². The minimum atomic E-state index is -0.328. The first-order chi connectivity index (χ1) is 14.5. The Morgan fingerprint density at radius 1 is 1.07 bits per heavy atom. The van der Waals surface area contributed by atoms with Gasteiger partial charge in [0.25, 0.3) is 5.91 Å². The molecule has 0 bridgehead atoms. The Morgan fingerprint density at radius 3 is 2.53 bits per heavy atom. The van der Waals surface area contributed by atoms with E-state index >= 15 is 0 Å². The van der Waals surface area contributed by atoms with E-state index in [-0.39, 0.29) is 11.7 Å². The van der Waals surface area contributed by atoms with Gasteiger partial charge >= 0.3 is 0 Å². The van der Waals surface area contributed by atoms with Crippen LogP contribution in [0, 0.1) is 12.7 Å². The van der Waals surface area contributed by atoms with E-state index in [0.29, 0.717) is 17.6 Å². The molecule has 0 spiro atoms. The van der Waals surface area contributed by atoms with Crippen LogP contribution < -0.4 is 10.2 Å². The molecule has 5 nitrogen and oxygen atoms in total. The largest absolute Gasteiger partial charge is 0.380 e. The number of fused-ring (bicyclic) bond motifs is 1. The summed E-state index contributed by atoms with van der Waals surface area (Å²) >= 11 is 0. The number of rotatable bonds is 5. The Balaban J connectivity index is 1.49. The molecule has 0 unspecified atom stereocenters. The number of anilines is 2. The van der Waals surface area contributed by atoms with Crippen LogP contribution in [0.4, 0.5) is 15.8 Å². The van der Waals surface area contributed by atoms with Crippen molar-refractivity contribution in [1.29, 1.82) is 0 Å². The number of benzene rings is 2. The van der Waals surface area contributed by atoms with Gasteiger partial charge in [0.05, 0.1) is 0 Å². The normalized spacial score (nSPS) is 10.8. The lowest BCUT2D eigenvalue weighted by atomic mass is 10.1. The number of nitrogens with zero attached hydrogens (tertiary/aromatic N) is 3. The smallest absolute Gasteiger partial charge is 0.258 e. The maximum Gasteiger partial charge on any atom is 0.258 e. The maximum atomic E-state index is 14.1. The average molecular weight is 400 g/mol. The summed E-state index contributed by atoms with van der Waals surface area (Å²) in [5.74, 6) is -0.422. The van der Waals surface area contributed by atoms with E-state index < -0.39 is 0 Å². The minimum Gasteiger partial charge on any atom is -0.380 e. The van der Waals surface area contributed by atoms with Gasteiger partial charge in [-0.05, 0) is 48.9 Å². The molecule has 2 heterocycles. The van der Waals surface area contributed by atoms with Gasteiger partial charge in [-0.15, -0.1) is 0 Å². The molecule has 2 aromatic heterocycles.